The molecule has 0 saturated heterocycles. The van der Waals surface area contributed by atoms with E-state index >= 15 is 0 Å². The summed E-state index contributed by atoms with van der Waals surface area (Å²) in [5.41, 5.74) is 0.141. The quantitative estimate of drug-likeness (QED) is 0.896. The number of methoxy groups -OCH3 is 2. The van der Waals surface area contributed by atoms with E-state index in [1.54, 1.807) is 14.2 Å². The largest absolute Gasteiger partial charge is 0.497 e. The number of aliphatic hydroxyl groups is 1. The van der Waals surface area contributed by atoms with Crippen molar-refractivity contribution < 1.29 is 14.6 Å². The third-order valence-electron chi connectivity index (χ3n) is 4.01. The molecule has 0 spiro atoms. The van der Waals surface area contributed by atoms with Gasteiger partial charge in [0.15, 0.2) is 0 Å². The lowest BCUT2D eigenvalue weighted by Crippen LogP contribution is -2.31. The predicted octanol–water partition coefficient (Wildman–Crippen LogP) is 3.10. The van der Waals surface area contributed by atoms with Crippen LogP contribution >= 0.6 is 0 Å². The molecule has 1 N–H and O–H groups in total. The van der Waals surface area contributed by atoms with Gasteiger partial charge in [0.05, 0.1) is 19.8 Å². The van der Waals surface area contributed by atoms with Gasteiger partial charge in [0.1, 0.15) is 11.5 Å². The standard InChI is InChI=1S/C15H22O3/c1-11-6-8-15(16,9-7-11)13-5-4-12(17-2)10-14(13)18-3/h4-5,10-11,16H,6-9H2,1-3H3. The molecule has 0 atom stereocenters. The highest BCUT2D eigenvalue weighted by Crippen LogP contribution is 2.43. The summed E-state index contributed by atoms with van der Waals surface area (Å²) >= 11 is 0. The maximum Gasteiger partial charge on any atom is 0.128 e. The molecule has 0 aromatic heterocycles. The fourth-order valence-corrected chi connectivity index (χ4v) is 2.69. The SMILES string of the molecule is COc1ccc(C2(O)CCC(C)CC2)c(OC)c1. The first-order valence-electron chi connectivity index (χ1n) is 6.54. The van der Waals surface area contributed by atoms with Crippen molar-refractivity contribution in [1.29, 1.82) is 0 Å². The first-order chi connectivity index (χ1) is 8.59. The van der Waals surface area contributed by atoms with Gasteiger partial charge in [-0.2, -0.15) is 0 Å². The molecule has 18 heavy (non-hydrogen) atoms. The van der Waals surface area contributed by atoms with Crippen molar-refractivity contribution >= 4 is 0 Å². The zero-order valence-electron chi connectivity index (χ0n) is 11.4. The minimum Gasteiger partial charge on any atom is -0.497 e. The van der Waals surface area contributed by atoms with Crippen LogP contribution in [0.25, 0.3) is 0 Å². The van der Waals surface area contributed by atoms with Gasteiger partial charge in [-0.25, -0.2) is 0 Å². The van der Waals surface area contributed by atoms with Crippen LogP contribution in [0.3, 0.4) is 0 Å². The smallest absolute Gasteiger partial charge is 0.128 e. The molecule has 1 saturated carbocycles. The van der Waals surface area contributed by atoms with E-state index < -0.39 is 5.60 Å². The molecule has 0 heterocycles. The topological polar surface area (TPSA) is 38.7 Å². The number of hydrogen-bond acceptors (Lipinski definition) is 3. The van der Waals surface area contributed by atoms with Gasteiger partial charge in [0, 0.05) is 11.6 Å². The second-order valence-electron chi connectivity index (χ2n) is 5.28. The fourth-order valence-electron chi connectivity index (χ4n) is 2.69. The van der Waals surface area contributed by atoms with E-state index in [-0.39, 0.29) is 0 Å². The van der Waals surface area contributed by atoms with E-state index in [1.807, 2.05) is 18.2 Å². The molecular formula is C15H22O3. The second kappa shape index (κ2) is 5.19. The molecule has 100 valence electrons. The molecule has 1 aliphatic rings. The Kier molecular flexibility index (Phi) is 3.81. The lowest BCUT2D eigenvalue weighted by atomic mass is 9.75. The zero-order chi connectivity index (χ0) is 13.2. The van der Waals surface area contributed by atoms with Crippen molar-refractivity contribution in [1.82, 2.24) is 0 Å². The molecule has 0 aliphatic heterocycles. The van der Waals surface area contributed by atoms with Crippen LogP contribution in [-0.2, 0) is 5.60 Å². The summed E-state index contributed by atoms with van der Waals surface area (Å²) in [7, 11) is 3.26. The Morgan fingerprint density at radius 1 is 1.17 bits per heavy atom. The Bertz CT molecular complexity index is 406. The highest BCUT2D eigenvalue weighted by atomic mass is 16.5. The van der Waals surface area contributed by atoms with Crippen molar-refractivity contribution in [3.63, 3.8) is 0 Å². The van der Waals surface area contributed by atoms with E-state index in [0.29, 0.717) is 11.7 Å². The van der Waals surface area contributed by atoms with Gasteiger partial charge in [0.2, 0.25) is 0 Å². The molecule has 3 heteroatoms. The van der Waals surface area contributed by atoms with Gasteiger partial charge < -0.3 is 14.6 Å². The van der Waals surface area contributed by atoms with Gasteiger partial charge in [-0.05, 0) is 43.7 Å². The van der Waals surface area contributed by atoms with Gasteiger partial charge >= 0.3 is 0 Å². The van der Waals surface area contributed by atoms with E-state index in [9.17, 15) is 5.11 Å². The summed E-state index contributed by atoms with van der Waals surface area (Å²) < 4.78 is 10.6. The first kappa shape index (κ1) is 13.2. The lowest BCUT2D eigenvalue weighted by Gasteiger charge is -2.36. The third-order valence-corrected chi connectivity index (χ3v) is 4.01. The third kappa shape index (κ3) is 2.46. The number of rotatable bonds is 3. The van der Waals surface area contributed by atoms with Crippen LogP contribution in [0.15, 0.2) is 18.2 Å². The van der Waals surface area contributed by atoms with E-state index in [1.165, 1.54) is 0 Å². The molecule has 1 aliphatic carbocycles. The van der Waals surface area contributed by atoms with Gasteiger partial charge in [-0.15, -0.1) is 0 Å². The number of hydrogen-bond donors (Lipinski definition) is 1. The number of ether oxygens (including phenoxy) is 2. The molecule has 1 fully saturated rings. The normalized spacial score (nSPS) is 27.9. The molecule has 1 aromatic carbocycles. The van der Waals surface area contributed by atoms with E-state index in [2.05, 4.69) is 6.92 Å². The van der Waals surface area contributed by atoms with Gasteiger partial charge in [0.25, 0.3) is 0 Å². The molecule has 1 aromatic rings. The molecule has 0 radical (unpaired) electrons. The minimum atomic E-state index is -0.746. The van der Waals surface area contributed by atoms with Crippen LogP contribution in [0.1, 0.15) is 38.2 Å². The summed E-state index contributed by atoms with van der Waals surface area (Å²) in [6.07, 6.45) is 3.73. The fraction of sp³-hybridized carbons (Fsp3) is 0.600. The maximum atomic E-state index is 10.8. The Morgan fingerprint density at radius 3 is 2.39 bits per heavy atom. The minimum absolute atomic E-state index is 0.703. The summed E-state index contributed by atoms with van der Waals surface area (Å²) in [5.74, 6) is 2.17. The summed E-state index contributed by atoms with van der Waals surface area (Å²) in [6, 6.07) is 5.65. The van der Waals surface area contributed by atoms with E-state index in [0.717, 1.165) is 37.0 Å². The number of benzene rings is 1. The average molecular weight is 250 g/mol. The maximum absolute atomic E-state index is 10.8. The summed E-state index contributed by atoms with van der Waals surface area (Å²) in [5, 5.41) is 10.8. The Hall–Kier alpha value is -1.22. The van der Waals surface area contributed by atoms with Crippen molar-refractivity contribution in [2.45, 2.75) is 38.2 Å². The van der Waals surface area contributed by atoms with Crippen LogP contribution in [0.4, 0.5) is 0 Å². The average Bonchev–Trinajstić information content (AvgIpc) is 2.41. The van der Waals surface area contributed by atoms with Crippen molar-refractivity contribution in [2.24, 2.45) is 5.92 Å². The van der Waals surface area contributed by atoms with Crippen molar-refractivity contribution in [3.05, 3.63) is 23.8 Å². The molecule has 2 rings (SSSR count). The zero-order valence-corrected chi connectivity index (χ0v) is 11.4. The Labute approximate surface area is 109 Å². The molecule has 3 nitrogen and oxygen atoms in total. The van der Waals surface area contributed by atoms with Crippen molar-refractivity contribution in [3.8, 4) is 11.5 Å². The van der Waals surface area contributed by atoms with Crippen LogP contribution in [0.5, 0.6) is 11.5 Å². The Morgan fingerprint density at radius 2 is 1.83 bits per heavy atom. The highest BCUT2D eigenvalue weighted by Gasteiger charge is 2.35. The summed E-state index contributed by atoms with van der Waals surface area (Å²) in [4.78, 5) is 0. The van der Waals surface area contributed by atoms with Gasteiger partial charge in [-0.1, -0.05) is 6.92 Å². The van der Waals surface area contributed by atoms with Crippen LogP contribution < -0.4 is 9.47 Å². The van der Waals surface area contributed by atoms with Crippen LogP contribution in [-0.4, -0.2) is 19.3 Å². The predicted molar refractivity (Wildman–Crippen MR) is 71.1 cm³/mol. The summed E-state index contributed by atoms with van der Waals surface area (Å²) in [6.45, 7) is 2.24. The molecular weight excluding hydrogens is 228 g/mol. The second-order valence-corrected chi connectivity index (χ2v) is 5.28. The highest BCUT2D eigenvalue weighted by molar-refractivity contribution is 5.44. The molecule has 0 amide bonds. The monoisotopic (exact) mass is 250 g/mol. The van der Waals surface area contributed by atoms with Crippen LogP contribution in [0, 0.1) is 5.92 Å². The molecule has 0 unspecified atom stereocenters. The van der Waals surface area contributed by atoms with Gasteiger partial charge in [-0.3, -0.25) is 0 Å². The lowest BCUT2D eigenvalue weighted by molar-refractivity contribution is -0.0138. The Balaban J connectivity index is 2.32. The van der Waals surface area contributed by atoms with E-state index in [4.69, 9.17) is 9.47 Å². The molecule has 0 bridgehead atoms. The first-order valence-corrected chi connectivity index (χ1v) is 6.54. The van der Waals surface area contributed by atoms with Crippen LogP contribution in [0.2, 0.25) is 0 Å². The van der Waals surface area contributed by atoms with Crippen molar-refractivity contribution in [2.75, 3.05) is 14.2 Å².